The summed E-state index contributed by atoms with van der Waals surface area (Å²) in [4.78, 5) is 39.3. The fourth-order valence-corrected chi connectivity index (χ4v) is 4.84. The van der Waals surface area contributed by atoms with Crippen molar-refractivity contribution in [2.45, 2.75) is 57.6 Å². The van der Waals surface area contributed by atoms with Crippen molar-refractivity contribution in [1.29, 1.82) is 0 Å². The van der Waals surface area contributed by atoms with Crippen LogP contribution in [0.15, 0.2) is 29.5 Å². The minimum absolute atomic E-state index is 0.0277. The smallest absolute Gasteiger partial charge is 0.303 e. The number of Topliss-reactive ketones (excluding diaryl/α,β-unsaturated/α-hetero) is 1. The van der Waals surface area contributed by atoms with Gasteiger partial charge >= 0.3 is 5.97 Å². The predicted octanol–water partition coefficient (Wildman–Crippen LogP) is 2.95. The number of ketones is 1. The molecule has 8 nitrogen and oxygen atoms in total. The summed E-state index contributed by atoms with van der Waals surface area (Å²) in [5.41, 5.74) is 0.970. The number of aromatic hydroxyl groups is 1. The van der Waals surface area contributed by atoms with Gasteiger partial charge in [0.1, 0.15) is 6.10 Å². The molecule has 2 aliphatic heterocycles. The number of hydrogen-bond donors (Lipinski definition) is 2. The largest absolute Gasteiger partial charge is 0.504 e. The van der Waals surface area contributed by atoms with Crippen LogP contribution in [0.3, 0.4) is 0 Å². The highest BCUT2D eigenvalue weighted by Gasteiger charge is 2.51. The summed E-state index contributed by atoms with van der Waals surface area (Å²) in [6, 6.07) is 4.09. The number of phenolic OH excluding ortho intramolecular Hbond substituents is 1. The Labute approximate surface area is 180 Å². The van der Waals surface area contributed by atoms with E-state index in [1.54, 1.807) is 19.1 Å². The van der Waals surface area contributed by atoms with E-state index >= 15 is 0 Å². The standard InChI is InChI=1S/C23H27NO7/c1-2-30-17-12-13(9-10-15(17)25)20-19-21(28)14-6-3-4-7-16(14)31-22(19)23(29)24(20)11-5-8-18(26)27/h9-10,12,14,16,20,25H,2-8,11H2,1H3,(H,26,27). The second kappa shape index (κ2) is 8.61. The number of carboxylic acids is 1. The molecule has 4 rings (SSSR count). The van der Waals surface area contributed by atoms with Crippen LogP contribution in [0.2, 0.25) is 0 Å². The maximum absolute atomic E-state index is 13.5. The summed E-state index contributed by atoms with van der Waals surface area (Å²) in [5.74, 6) is -1.30. The van der Waals surface area contributed by atoms with E-state index in [-0.39, 0.29) is 60.4 Å². The zero-order chi connectivity index (χ0) is 22.1. The fourth-order valence-electron chi connectivity index (χ4n) is 4.84. The van der Waals surface area contributed by atoms with Gasteiger partial charge in [-0.2, -0.15) is 0 Å². The molecule has 0 radical (unpaired) electrons. The second-order valence-corrected chi connectivity index (χ2v) is 8.21. The lowest BCUT2D eigenvalue weighted by molar-refractivity contribution is -0.138. The maximum atomic E-state index is 13.5. The van der Waals surface area contributed by atoms with E-state index in [2.05, 4.69) is 0 Å². The van der Waals surface area contributed by atoms with Gasteiger partial charge in [0.2, 0.25) is 0 Å². The van der Waals surface area contributed by atoms with Crippen molar-refractivity contribution in [2.24, 2.45) is 5.92 Å². The first kappa shape index (κ1) is 21.2. The number of ether oxygens (including phenoxy) is 2. The normalized spacial score (nSPS) is 25.2. The summed E-state index contributed by atoms with van der Waals surface area (Å²) in [6.45, 7) is 2.33. The van der Waals surface area contributed by atoms with Crippen molar-refractivity contribution in [3.8, 4) is 11.5 Å². The zero-order valence-electron chi connectivity index (χ0n) is 17.5. The van der Waals surface area contributed by atoms with Crippen molar-refractivity contribution in [1.82, 2.24) is 4.90 Å². The Morgan fingerprint density at radius 3 is 2.77 bits per heavy atom. The van der Waals surface area contributed by atoms with Crippen LogP contribution in [0, 0.1) is 5.92 Å². The number of aliphatic carboxylic acids is 1. The van der Waals surface area contributed by atoms with E-state index in [4.69, 9.17) is 14.6 Å². The van der Waals surface area contributed by atoms with Crippen LogP contribution in [0.4, 0.5) is 0 Å². The highest BCUT2D eigenvalue weighted by Crippen LogP contribution is 2.47. The molecular formula is C23H27NO7. The molecule has 2 N–H and O–H groups in total. The number of carboxylic acid groups (broad SMARTS) is 1. The molecule has 1 fully saturated rings. The lowest BCUT2D eigenvalue weighted by Gasteiger charge is -2.35. The van der Waals surface area contributed by atoms with Gasteiger partial charge in [0.15, 0.2) is 23.0 Å². The van der Waals surface area contributed by atoms with E-state index in [0.717, 1.165) is 25.7 Å². The first-order valence-electron chi connectivity index (χ1n) is 10.9. The molecule has 0 aromatic heterocycles. The van der Waals surface area contributed by atoms with Gasteiger partial charge in [-0.15, -0.1) is 0 Å². The number of carbonyl (C=O) groups excluding carboxylic acids is 2. The summed E-state index contributed by atoms with van der Waals surface area (Å²) >= 11 is 0. The lowest BCUT2D eigenvalue weighted by atomic mass is 9.77. The number of rotatable bonds is 7. The van der Waals surface area contributed by atoms with Gasteiger partial charge in [0.25, 0.3) is 5.91 Å². The van der Waals surface area contributed by atoms with Gasteiger partial charge in [-0.05, 0) is 50.3 Å². The topological polar surface area (TPSA) is 113 Å². The molecule has 3 aliphatic rings. The molecule has 1 amide bonds. The molecule has 1 saturated carbocycles. The van der Waals surface area contributed by atoms with Crippen LogP contribution in [-0.2, 0) is 19.1 Å². The number of amides is 1. The highest BCUT2D eigenvalue weighted by molar-refractivity contribution is 6.11. The van der Waals surface area contributed by atoms with Gasteiger partial charge in [-0.1, -0.05) is 12.5 Å². The predicted molar refractivity (Wildman–Crippen MR) is 109 cm³/mol. The Balaban J connectivity index is 1.74. The Bertz CT molecular complexity index is 938. The van der Waals surface area contributed by atoms with Gasteiger partial charge in [-0.25, -0.2) is 0 Å². The second-order valence-electron chi connectivity index (χ2n) is 8.21. The maximum Gasteiger partial charge on any atom is 0.303 e. The molecule has 0 spiro atoms. The molecule has 166 valence electrons. The van der Waals surface area contributed by atoms with Gasteiger partial charge < -0.3 is 24.6 Å². The molecule has 3 atom stereocenters. The number of fused-ring (bicyclic) bond motifs is 1. The van der Waals surface area contributed by atoms with E-state index < -0.39 is 12.0 Å². The van der Waals surface area contributed by atoms with Crippen LogP contribution in [-0.4, -0.2) is 52.0 Å². The Kier molecular flexibility index (Phi) is 5.89. The molecule has 31 heavy (non-hydrogen) atoms. The molecule has 1 aromatic carbocycles. The van der Waals surface area contributed by atoms with Crippen molar-refractivity contribution in [2.75, 3.05) is 13.2 Å². The SMILES string of the molecule is CCOc1cc(C2C3=C(OC4CCCCC4C3=O)C(=O)N2CCCC(=O)O)ccc1O. The molecule has 1 aromatic rings. The monoisotopic (exact) mass is 429 g/mol. The van der Waals surface area contributed by atoms with Crippen molar-refractivity contribution < 1.29 is 34.1 Å². The van der Waals surface area contributed by atoms with Crippen LogP contribution < -0.4 is 4.74 Å². The number of hydrogen-bond acceptors (Lipinski definition) is 6. The van der Waals surface area contributed by atoms with Crippen LogP contribution in [0.5, 0.6) is 11.5 Å². The summed E-state index contributed by atoms with van der Waals surface area (Å²) in [7, 11) is 0. The van der Waals surface area contributed by atoms with Crippen LogP contribution >= 0.6 is 0 Å². The third kappa shape index (κ3) is 3.86. The molecule has 3 unspecified atom stereocenters. The minimum Gasteiger partial charge on any atom is -0.504 e. The van der Waals surface area contributed by atoms with Crippen LogP contribution in [0.25, 0.3) is 0 Å². The number of nitrogens with zero attached hydrogens (tertiary/aromatic N) is 1. The molecule has 8 heteroatoms. The Morgan fingerprint density at radius 1 is 1.26 bits per heavy atom. The third-order valence-corrected chi connectivity index (χ3v) is 6.25. The van der Waals surface area contributed by atoms with Gasteiger partial charge in [0, 0.05) is 13.0 Å². The molecule has 0 saturated heterocycles. The Hall–Kier alpha value is -3.03. The van der Waals surface area contributed by atoms with E-state index in [9.17, 15) is 19.5 Å². The Morgan fingerprint density at radius 2 is 2.03 bits per heavy atom. The van der Waals surface area contributed by atoms with Gasteiger partial charge in [0.05, 0.1) is 24.1 Å². The summed E-state index contributed by atoms with van der Waals surface area (Å²) in [5, 5.41) is 19.1. The van der Waals surface area contributed by atoms with Crippen molar-refractivity contribution >= 4 is 17.7 Å². The fraction of sp³-hybridized carbons (Fsp3) is 0.522. The first-order chi connectivity index (χ1) is 14.9. The third-order valence-electron chi connectivity index (χ3n) is 6.25. The first-order valence-corrected chi connectivity index (χ1v) is 10.9. The minimum atomic E-state index is -0.942. The lowest BCUT2D eigenvalue weighted by Crippen LogP contribution is -2.39. The number of benzene rings is 1. The van der Waals surface area contributed by atoms with Gasteiger partial charge in [-0.3, -0.25) is 14.4 Å². The summed E-state index contributed by atoms with van der Waals surface area (Å²) < 4.78 is 11.6. The van der Waals surface area contributed by atoms with E-state index in [1.165, 1.54) is 11.0 Å². The average molecular weight is 429 g/mol. The van der Waals surface area contributed by atoms with Crippen molar-refractivity contribution in [3.63, 3.8) is 0 Å². The average Bonchev–Trinajstić information content (AvgIpc) is 3.02. The molecule has 1 aliphatic carbocycles. The molecule has 2 heterocycles. The van der Waals surface area contributed by atoms with Crippen LogP contribution in [0.1, 0.15) is 57.1 Å². The highest BCUT2D eigenvalue weighted by atomic mass is 16.5. The van der Waals surface area contributed by atoms with E-state index in [0.29, 0.717) is 17.7 Å². The number of carbonyl (C=O) groups is 3. The number of phenols is 1. The van der Waals surface area contributed by atoms with E-state index in [1.807, 2.05) is 0 Å². The molecule has 0 bridgehead atoms. The summed E-state index contributed by atoms with van der Waals surface area (Å²) in [6.07, 6.45) is 3.30. The molecular weight excluding hydrogens is 402 g/mol. The van der Waals surface area contributed by atoms with Crippen molar-refractivity contribution in [3.05, 3.63) is 35.1 Å². The zero-order valence-corrected chi connectivity index (χ0v) is 17.5. The quantitative estimate of drug-likeness (QED) is 0.685.